The molecule has 2 amide bonds. The van der Waals surface area contributed by atoms with Crippen molar-refractivity contribution in [1.29, 1.82) is 0 Å². The number of fused-ring (bicyclic) bond motifs is 5. The van der Waals surface area contributed by atoms with Gasteiger partial charge < -0.3 is 29.8 Å². The van der Waals surface area contributed by atoms with Crippen molar-refractivity contribution >= 4 is 164 Å². The van der Waals surface area contributed by atoms with Crippen molar-refractivity contribution in [3.05, 3.63) is 129 Å². The minimum Gasteiger partial charge on any atom is -0.382 e. The average molecular weight is 1600 g/mol. The van der Waals surface area contributed by atoms with E-state index in [0.29, 0.717) is 71.8 Å². The standard InChI is InChI=1S/C15H19F3N4O2S.C14H17ClN4O.C13H15BrN4O.C13H14ClN3O2S.C13H18N4O2S/c1-14(2)9-21(4-5-22(14)25(3,23)24)13-7-10(15(16,17)18)6-12-11(13)8-19-20-12;1-9-8-18(3-4-19(9)10(2)20)14-6-11(15)5-13-12(14)7-16-17-13;1-9(19)17-2-4-18(5-3-17)13-7-10(14)6-12-11(13)8-15-16-12;1-20(18,19)17-4-2-9(3-5-17)11-6-10(14)7-13-12(11)8-15-16-13;1-20(18,19)17-7-5-10(6-8-17)15-12-3-2-4-13-11(12)9-14-16-13/h6-8H,4-5,9H2,1-3H3,(H,19,20);5-7,9H,3-4,8H2,1-2H3,(H,16,17);6-8H,2-5H2,1H3,(H,15,16);2,6-8H,3-5H2,1H3,(H,15,16);2-4,9-10,15H,5-8H2,1H3,(H,14,16). The van der Waals surface area contributed by atoms with Gasteiger partial charge in [-0.25, -0.2) is 29.6 Å². The predicted molar refractivity (Wildman–Crippen MR) is 407 cm³/mol. The second-order valence-corrected chi connectivity index (χ2v) is 34.7. The zero-order valence-electron chi connectivity index (χ0n) is 58.6. The summed E-state index contributed by atoms with van der Waals surface area (Å²) in [5.41, 5.74) is 8.49. The van der Waals surface area contributed by atoms with Crippen LogP contribution in [0.25, 0.3) is 60.1 Å². The maximum atomic E-state index is 13.2. The van der Waals surface area contributed by atoms with Crippen molar-refractivity contribution in [2.75, 3.05) is 130 Å². The van der Waals surface area contributed by atoms with Crippen LogP contribution in [0, 0.1) is 0 Å². The number of hydrogen-bond acceptors (Lipinski definition) is 17. The van der Waals surface area contributed by atoms with Crippen molar-refractivity contribution in [1.82, 2.24) is 73.7 Å². The van der Waals surface area contributed by atoms with E-state index in [1.54, 1.807) is 43.1 Å². The number of anilines is 4. The Labute approximate surface area is 619 Å². The molecule has 4 fully saturated rings. The number of halogens is 6. The number of nitrogens with zero attached hydrogens (tertiary/aromatic N) is 13. The Morgan fingerprint density at radius 2 is 1.10 bits per heavy atom. The maximum Gasteiger partial charge on any atom is 0.416 e. The van der Waals surface area contributed by atoms with E-state index in [2.05, 4.69) is 95.0 Å². The van der Waals surface area contributed by atoms with Crippen molar-refractivity contribution in [3.63, 3.8) is 0 Å². The molecular formula is C68H83BrCl2F3N19O8S3. The largest absolute Gasteiger partial charge is 0.416 e. The molecule has 5 aromatic heterocycles. The summed E-state index contributed by atoms with van der Waals surface area (Å²) < 4.78 is 115. The van der Waals surface area contributed by atoms with E-state index in [4.69, 9.17) is 23.2 Å². The Hall–Kier alpha value is -8.09. The molecule has 27 nitrogen and oxygen atoms in total. The number of aromatic amines is 5. The lowest BCUT2D eigenvalue weighted by atomic mass is 9.97. The predicted octanol–water partition coefficient (Wildman–Crippen LogP) is 10.4. The fourth-order valence-corrected chi connectivity index (χ4v) is 17.9. The van der Waals surface area contributed by atoms with E-state index >= 15 is 0 Å². The van der Waals surface area contributed by atoms with Gasteiger partial charge in [-0.15, -0.1) is 0 Å². The third-order valence-corrected chi connectivity index (χ3v) is 24.1. The molecule has 10 aromatic rings. The first-order chi connectivity index (χ1) is 49.1. The highest BCUT2D eigenvalue weighted by Gasteiger charge is 2.41. The third kappa shape index (κ3) is 18.2. The van der Waals surface area contributed by atoms with E-state index in [9.17, 15) is 48.0 Å². The van der Waals surface area contributed by atoms with Crippen molar-refractivity contribution in [3.8, 4) is 0 Å². The first kappa shape index (κ1) is 77.0. The van der Waals surface area contributed by atoms with Gasteiger partial charge in [0.1, 0.15) is 0 Å². The number of hydrogen-bond donors (Lipinski definition) is 6. The van der Waals surface area contributed by atoms with Crippen molar-refractivity contribution in [2.45, 2.75) is 77.7 Å². The van der Waals surface area contributed by atoms with Gasteiger partial charge in [-0.1, -0.05) is 51.3 Å². The summed E-state index contributed by atoms with van der Waals surface area (Å²) in [6, 6.07) is 20.3. The van der Waals surface area contributed by atoms with Crippen LogP contribution < -0.4 is 20.0 Å². The summed E-state index contributed by atoms with van der Waals surface area (Å²) in [5.74, 6) is 0.291. The zero-order valence-corrected chi connectivity index (χ0v) is 64.1. The molecule has 104 heavy (non-hydrogen) atoms. The number of piperazine rings is 3. The summed E-state index contributed by atoms with van der Waals surface area (Å²) in [6.45, 7) is 17.3. The molecule has 6 N–H and O–H groups in total. The molecule has 5 aliphatic heterocycles. The number of carbonyl (C=O) groups is 2. The Kier molecular flexibility index (Phi) is 23.4. The molecule has 4 saturated heterocycles. The molecule has 0 saturated carbocycles. The lowest BCUT2D eigenvalue weighted by molar-refractivity contribution is -0.137. The topological polar surface area (TPSA) is 318 Å². The summed E-state index contributed by atoms with van der Waals surface area (Å²) in [7, 11) is -9.58. The Balaban J connectivity index is 0.000000131. The second kappa shape index (κ2) is 31.5. The molecule has 0 bridgehead atoms. The van der Waals surface area contributed by atoms with Gasteiger partial charge in [0.05, 0.1) is 82.9 Å². The van der Waals surface area contributed by atoms with Gasteiger partial charge in [-0.05, 0) is 112 Å². The van der Waals surface area contributed by atoms with Gasteiger partial charge in [-0.3, -0.25) is 35.1 Å². The van der Waals surface area contributed by atoms with Crippen LogP contribution >= 0.6 is 39.1 Å². The average Bonchev–Trinajstić information content (AvgIpc) is 1.32. The Bertz CT molecular complexity index is 5150. The smallest absolute Gasteiger partial charge is 0.382 e. The van der Waals surface area contributed by atoms with E-state index in [0.717, 1.165) is 148 Å². The number of benzene rings is 5. The van der Waals surface area contributed by atoms with Crippen molar-refractivity contribution < 1.29 is 48.0 Å². The fourth-order valence-electron chi connectivity index (χ4n) is 14.0. The van der Waals surface area contributed by atoms with Crippen LogP contribution in [-0.4, -0.2) is 239 Å². The molecule has 5 aromatic carbocycles. The maximum absolute atomic E-state index is 13.2. The number of rotatable bonds is 9. The molecule has 0 radical (unpaired) electrons. The third-order valence-electron chi connectivity index (χ3n) is 19.2. The first-order valence-electron chi connectivity index (χ1n) is 33.6. The number of amides is 2. The number of aromatic nitrogens is 10. The summed E-state index contributed by atoms with van der Waals surface area (Å²) in [5, 5.41) is 44.2. The van der Waals surface area contributed by atoms with Crippen LogP contribution in [0.2, 0.25) is 10.0 Å². The quantitative estimate of drug-likeness (QED) is 0.0782. The van der Waals surface area contributed by atoms with E-state index in [-0.39, 0.29) is 30.9 Å². The molecular weight excluding hydrogens is 1510 g/mol. The van der Waals surface area contributed by atoms with Gasteiger partial charge >= 0.3 is 6.18 Å². The Morgan fingerprint density at radius 1 is 0.577 bits per heavy atom. The molecule has 5 aliphatic rings. The van der Waals surface area contributed by atoms with Crippen LogP contribution in [0.3, 0.4) is 0 Å². The highest BCUT2D eigenvalue weighted by molar-refractivity contribution is 9.10. The molecule has 36 heteroatoms. The number of H-pyrrole nitrogens is 5. The number of alkyl halides is 3. The number of piperidine rings is 1. The highest BCUT2D eigenvalue weighted by Crippen LogP contribution is 2.40. The molecule has 558 valence electrons. The zero-order chi connectivity index (χ0) is 74.8. The van der Waals surface area contributed by atoms with Crippen LogP contribution in [0.5, 0.6) is 0 Å². The van der Waals surface area contributed by atoms with Gasteiger partial charge in [0.2, 0.25) is 41.9 Å². The summed E-state index contributed by atoms with van der Waals surface area (Å²) >= 11 is 15.8. The Morgan fingerprint density at radius 3 is 1.63 bits per heavy atom. The monoisotopic (exact) mass is 1600 g/mol. The summed E-state index contributed by atoms with van der Waals surface area (Å²) in [4.78, 5) is 33.1. The molecule has 15 rings (SSSR count). The first-order valence-corrected chi connectivity index (χ1v) is 40.6. The van der Waals surface area contributed by atoms with Gasteiger partial charge in [-0.2, -0.15) is 47.3 Å². The molecule has 10 heterocycles. The van der Waals surface area contributed by atoms with Crippen molar-refractivity contribution in [2.24, 2.45) is 0 Å². The molecule has 0 spiro atoms. The second-order valence-electron chi connectivity index (χ2n) is 27.0. The molecule has 1 unspecified atom stereocenters. The molecule has 0 aliphatic carbocycles. The number of carbonyl (C=O) groups excluding carboxylic acids is 2. The SMILES string of the molecule is CC(=O)N1CCN(c2cc(Br)cc3[nH]ncc23)CC1.CC(=O)N1CCN(c2cc(Cl)cc3[nH]ncc23)CC1C.CC1(C)CN(c2cc(C(F)(F)F)cc3[nH]ncc23)CCN1S(C)(=O)=O.CS(=O)(=O)N1CC=C(c2cc(Cl)cc3[nH]ncc23)CC1.CS(=O)(=O)N1CCC(Nc2cccc3[nH]ncc23)CC1. The van der Waals surface area contributed by atoms with Crippen LogP contribution in [0.4, 0.5) is 35.9 Å². The normalized spacial score (nSPS) is 18.3. The minimum absolute atomic E-state index is 0.136. The number of sulfonamides is 3. The van der Waals surface area contributed by atoms with Crippen LogP contribution in [0.1, 0.15) is 65.0 Å². The minimum atomic E-state index is -4.47. The fraction of sp³-hybridized carbons (Fsp3) is 0.426. The number of nitrogens with one attached hydrogen (secondary N) is 6. The van der Waals surface area contributed by atoms with Crippen LogP contribution in [0.15, 0.2) is 108 Å². The highest BCUT2D eigenvalue weighted by atomic mass is 79.9. The lowest BCUT2D eigenvalue weighted by Gasteiger charge is -2.46. The molecule has 1 atom stereocenters. The summed E-state index contributed by atoms with van der Waals surface area (Å²) in [6.07, 6.45) is 12.2. The van der Waals surface area contributed by atoms with Gasteiger partial charge in [0.15, 0.2) is 0 Å². The van der Waals surface area contributed by atoms with Gasteiger partial charge in [0, 0.05) is 187 Å². The van der Waals surface area contributed by atoms with Gasteiger partial charge in [0.25, 0.3) is 0 Å². The van der Waals surface area contributed by atoms with E-state index in [1.807, 2.05) is 83.0 Å². The lowest BCUT2D eigenvalue weighted by Crippen LogP contribution is -2.60. The van der Waals surface area contributed by atoms with E-state index in [1.165, 1.54) is 33.0 Å². The van der Waals surface area contributed by atoms with Crippen LogP contribution in [-0.2, 0) is 45.8 Å². The van der Waals surface area contributed by atoms with E-state index < -0.39 is 47.3 Å².